The van der Waals surface area contributed by atoms with Gasteiger partial charge in [0, 0.05) is 17.7 Å². The SMILES string of the molecule is Cc1cn(C)c(S(=O)(=O)c2ccc(Br)cc2)c1C. The lowest BCUT2D eigenvalue weighted by Crippen LogP contribution is -2.08. The van der Waals surface area contributed by atoms with E-state index < -0.39 is 9.84 Å². The minimum absolute atomic E-state index is 0.315. The molecule has 3 nitrogen and oxygen atoms in total. The van der Waals surface area contributed by atoms with Gasteiger partial charge in [0.15, 0.2) is 0 Å². The molecule has 0 bridgehead atoms. The molecular formula is C13H14BrNO2S. The van der Waals surface area contributed by atoms with Crippen LogP contribution in [0.1, 0.15) is 11.1 Å². The zero-order valence-corrected chi connectivity index (χ0v) is 12.8. The minimum atomic E-state index is -3.45. The molecule has 1 aromatic carbocycles. The predicted molar refractivity (Wildman–Crippen MR) is 74.5 cm³/mol. The van der Waals surface area contributed by atoms with Gasteiger partial charge >= 0.3 is 0 Å². The van der Waals surface area contributed by atoms with E-state index in [2.05, 4.69) is 15.9 Å². The van der Waals surface area contributed by atoms with Crippen LogP contribution in [-0.2, 0) is 16.9 Å². The van der Waals surface area contributed by atoms with Gasteiger partial charge < -0.3 is 4.57 Å². The number of rotatable bonds is 2. The highest BCUT2D eigenvalue weighted by atomic mass is 79.9. The molecule has 2 rings (SSSR count). The number of hydrogen-bond acceptors (Lipinski definition) is 2. The summed E-state index contributed by atoms with van der Waals surface area (Å²) in [4.78, 5) is 0.315. The molecule has 0 unspecified atom stereocenters. The lowest BCUT2D eigenvalue weighted by atomic mass is 10.2. The molecule has 0 aliphatic heterocycles. The van der Waals surface area contributed by atoms with Gasteiger partial charge in [0.1, 0.15) is 5.03 Å². The lowest BCUT2D eigenvalue weighted by molar-refractivity contribution is 0.585. The van der Waals surface area contributed by atoms with Crippen molar-refractivity contribution in [3.05, 3.63) is 46.1 Å². The Kier molecular flexibility index (Phi) is 3.38. The number of benzene rings is 1. The molecule has 0 fully saturated rings. The van der Waals surface area contributed by atoms with Crippen molar-refractivity contribution in [2.45, 2.75) is 23.8 Å². The number of aromatic nitrogens is 1. The van der Waals surface area contributed by atoms with Crippen LogP contribution in [0.2, 0.25) is 0 Å². The Morgan fingerprint density at radius 1 is 1.11 bits per heavy atom. The summed E-state index contributed by atoms with van der Waals surface area (Å²) >= 11 is 3.30. The molecule has 0 saturated carbocycles. The second-order valence-electron chi connectivity index (χ2n) is 4.31. The zero-order chi connectivity index (χ0) is 13.5. The van der Waals surface area contributed by atoms with E-state index in [4.69, 9.17) is 0 Å². The largest absolute Gasteiger partial charge is 0.341 e. The molecule has 1 heterocycles. The highest BCUT2D eigenvalue weighted by Crippen LogP contribution is 2.27. The second-order valence-corrected chi connectivity index (χ2v) is 7.09. The monoisotopic (exact) mass is 327 g/mol. The van der Waals surface area contributed by atoms with Crippen LogP contribution < -0.4 is 0 Å². The third kappa shape index (κ3) is 2.12. The summed E-state index contributed by atoms with van der Waals surface area (Å²) in [5.74, 6) is 0. The van der Waals surface area contributed by atoms with Crippen molar-refractivity contribution < 1.29 is 8.42 Å². The Balaban J connectivity index is 2.65. The van der Waals surface area contributed by atoms with E-state index in [1.54, 1.807) is 35.9 Å². The third-order valence-electron chi connectivity index (χ3n) is 3.00. The summed E-state index contributed by atoms with van der Waals surface area (Å²) in [5, 5.41) is 0.363. The van der Waals surface area contributed by atoms with Gasteiger partial charge in [-0.3, -0.25) is 0 Å². The molecule has 2 aromatic rings. The summed E-state index contributed by atoms with van der Waals surface area (Å²) in [6.07, 6.45) is 1.83. The quantitative estimate of drug-likeness (QED) is 0.849. The van der Waals surface area contributed by atoms with Crippen LogP contribution in [0, 0.1) is 13.8 Å². The van der Waals surface area contributed by atoms with Gasteiger partial charge in [0.25, 0.3) is 0 Å². The van der Waals surface area contributed by atoms with E-state index in [9.17, 15) is 8.42 Å². The average Bonchev–Trinajstić information content (AvgIpc) is 2.54. The van der Waals surface area contributed by atoms with Crippen LogP contribution in [0.3, 0.4) is 0 Å². The fourth-order valence-corrected chi connectivity index (χ4v) is 3.97. The zero-order valence-electron chi connectivity index (χ0n) is 10.4. The van der Waals surface area contributed by atoms with Gasteiger partial charge in [-0.25, -0.2) is 8.42 Å². The Labute approximate surface area is 115 Å². The molecule has 1 aromatic heterocycles. The van der Waals surface area contributed by atoms with E-state index >= 15 is 0 Å². The van der Waals surface area contributed by atoms with Gasteiger partial charge in [-0.2, -0.15) is 0 Å². The van der Waals surface area contributed by atoms with E-state index in [1.165, 1.54) is 0 Å². The summed E-state index contributed by atoms with van der Waals surface area (Å²) in [5.41, 5.74) is 1.79. The summed E-state index contributed by atoms with van der Waals surface area (Å²) in [6.45, 7) is 3.75. The third-order valence-corrected chi connectivity index (χ3v) is 5.52. The molecule has 5 heteroatoms. The first-order valence-corrected chi connectivity index (χ1v) is 7.75. The topological polar surface area (TPSA) is 39.1 Å². The van der Waals surface area contributed by atoms with Crippen molar-refractivity contribution in [1.29, 1.82) is 0 Å². The Morgan fingerprint density at radius 2 is 1.67 bits per heavy atom. The van der Waals surface area contributed by atoms with E-state index in [1.807, 2.05) is 20.0 Å². The Morgan fingerprint density at radius 3 is 2.11 bits per heavy atom. The van der Waals surface area contributed by atoms with Gasteiger partial charge in [-0.1, -0.05) is 15.9 Å². The Hall–Kier alpha value is -1.07. The maximum absolute atomic E-state index is 12.6. The van der Waals surface area contributed by atoms with Crippen LogP contribution in [0.5, 0.6) is 0 Å². The molecule has 0 atom stereocenters. The molecule has 0 amide bonds. The number of nitrogens with zero attached hydrogens (tertiary/aromatic N) is 1. The molecule has 0 N–H and O–H groups in total. The highest BCUT2D eigenvalue weighted by molar-refractivity contribution is 9.10. The van der Waals surface area contributed by atoms with Crippen LogP contribution in [0.25, 0.3) is 0 Å². The summed E-state index contributed by atoms with van der Waals surface area (Å²) in [6, 6.07) is 6.69. The van der Waals surface area contributed by atoms with Crippen molar-refractivity contribution in [2.24, 2.45) is 7.05 Å². The molecule has 18 heavy (non-hydrogen) atoms. The van der Waals surface area contributed by atoms with Crippen LogP contribution >= 0.6 is 15.9 Å². The number of hydrogen-bond donors (Lipinski definition) is 0. The normalized spacial score (nSPS) is 11.8. The summed E-state index contributed by atoms with van der Waals surface area (Å²) in [7, 11) is -1.70. The molecule has 0 aliphatic rings. The summed E-state index contributed by atoms with van der Waals surface area (Å²) < 4.78 is 27.7. The van der Waals surface area contributed by atoms with Gasteiger partial charge in [0.2, 0.25) is 9.84 Å². The maximum Gasteiger partial charge on any atom is 0.222 e. The van der Waals surface area contributed by atoms with E-state index in [0.29, 0.717) is 9.92 Å². The maximum atomic E-state index is 12.6. The molecule has 0 aliphatic carbocycles. The molecular weight excluding hydrogens is 314 g/mol. The van der Waals surface area contributed by atoms with Gasteiger partial charge in [-0.05, 0) is 49.2 Å². The van der Waals surface area contributed by atoms with Crippen molar-refractivity contribution in [1.82, 2.24) is 4.57 Å². The molecule has 0 radical (unpaired) electrons. The van der Waals surface area contributed by atoms with Gasteiger partial charge in [0.05, 0.1) is 4.90 Å². The number of aryl methyl sites for hydroxylation is 2. The van der Waals surface area contributed by atoms with Crippen LogP contribution in [0.15, 0.2) is 44.9 Å². The fraction of sp³-hybridized carbons (Fsp3) is 0.231. The van der Waals surface area contributed by atoms with Gasteiger partial charge in [-0.15, -0.1) is 0 Å². The first-order valence-electron chi connectivity index (χ1n) is 5.47. The fourth-order valence-electron chi connectivity index (χ4n) is 2.00. The predicted octanol–water partition coefficient (Wildman–Crippen LogP) is 3.24. The van der Waals surface area contributed by atoms with Crippen LogP contribution in [0.4, 0.5) is 0 Å². The second kappa shape index (κ2) is 4.55. The van der Waals surface area contributed by atoms with Crippen LogP contribution in [-0.4, -0.2) is 13.0 Å². The molecule has 0 spiro atoms. The molecule has 96 valence electrons. The smallest absolute Gasteiger partial charge is 0.222 e. The average molecular weight is 328 g/mol. The Bertz CT molecular complexity index is 685. The first-order chi connectivity index (χ1) is 8.34. The van der Waals surface area contributed by atoms with Crippen molar-refractivity contribution in [2.75, 3.05) is 0 Å². The van der Waals surface area contributed by atoms with E-state index in [0.717, 1.165) is 15.6 Å². The highest BCUT2D eigenvalue weighted by Gasteiger charge is 2.24. The number of sulfone groups is 1. The standard InChI is InChI=1S/C13H14BrNO2S/c1-9-8-15(3)13(10(9)2)18(16,17)12-6-4-11(14)5-7-12/h4-8H,1-3H3. The van der Waals surface area contributed by atoms with E-state index in [-0.39, 0.29) is 0 Å². The van der Waals surface area contributed by atoms with Crippen molar-refractivity contribution >= 4 is 25.8 Å². The molecule has 0 saturated heterocycles. The van der Waals surface area contributed by atoms with Crippen molar-refractivity contribution in [3.8, 4) is 0 Å². The van der Waals surface area contributed by atoms with Crippen molar-refractivity contribution in [3.63, 3.8) is 0 Å². The first kappa shape index (κ1) is 13.4. The minimum Gasteiger partial charge on any atom is -0.341 e. The number of halogens is 1. The lowest BCUT2D eigenvalue weighted by Gasteiger charge is -2.07.